The lowest BCUT2D eigenvalue weighted by Gasteiger charge is -2.24. The average Bonchev–Trinajstić information content (AvgIpc) is 2.61. The van der Waals surface area contributed by atoms with Gasteiger partial charge in [0.2, 0.25) is 11.8 Å². The van der Waals surface area contributed by atoms with Crippen molar-refractivity contribution in [2.75, 3.05) is 13.1 Å². The molecular formula is C11H17N3O2S. The van der Waals surface area contributed by atoms with Crippen LogP contribution in [0.15, 0.2) is 4.99 Å². The number of thiocarbonyl (C=S) groups is 1. The highest BCUT2D eigenvalue weighted by Crippen LogP contribution is 2.21. The Morgan fingerprint density at radius 1 is 1.76 bits per heavy atom. The maximum absolute atomic E-state index is 11.8. The Hall–Kier alpha value is -1.30. The molecule has 17 heavy (non-hydrogen) atoms. The lowest BCUT2D eigenvalue weighted by Crippen LogP contribution is -2.45. The van der Waals surface area contributed by atoms with Crippen molar-refractivity contribution in [1.29, 1.82) is 0 Å². The number of carbonyl (C=O) groups is 2. The van der Waals surface area contributed by atoms with E-state index in [1.807, 2.05) is 6.92 Å². The van der Waals surface area contributed by atoms with Crippen molar-refractivity contribution in [3.8, 4) is 0 Å². The predicted octanol–water partition coefficient (Wildman–Crippen LogP) is 0.169. The van der Waals surface area contributed by atoms with Crippen LogP contribution in [0.5, 0.6) is 0 Å². The second-order valence-corrected chi connectivity index (χ2v) is 4.37. The van der Waals surface area contributed by atoms with E-state index in [1.54, 1.807) is 11.1 Å². The van der Waals surface area contributed by atoms with Gasteiger partial charge in [0, 0.05) is 37.0 Å². The normalized spacial score (nSPS) is 22.1. The fourth-order valence-corrected chi connectivity index (χ4v) is 2.15. The minimum absolute atomic E-state index is 0.0156. The molecule has 0 aromatic carbocycles. The first-order valence-electron chi connectivity index (χ1n) is 5.62. The van der Waals surface area contributed by atoms with Crippen LogP contribution in [0.1, 0.15) is 19.8 Å². The van der Waals surface area contributed by atoms with E-state index in [9.17, 15) is 9.59 Å². The van der Waals surface area contributed by atoms with Crippen molar-refractivity contribution in [2.45, 2.75) is 25.8 Å². The molecular weight excluding hydrogens is 238 g/mol. The minimum Gasteiger partial charge on any atom is -0.368 e. The van der Waals surface area contributed by atoms with Gasteiger partial charge in [-0.15, -0.1) is 0 Å². The second kappa shape index (κ2) is 6.44. The number of nitrogens with two attached hydrogens (primary N) is 1. The molecule has 0 aromatic heterocycles. The van der Waals surface area contributed by atoms with E-state index in [0.29, 0.717) is 25.9 Å². The standard InChI is InChI=1S/C11H17N3O2S/c1-2-9(11(12)16)14-7-8(5-10(14)15)6-13-3-4-17/h3-4,8-9H,2,5-7H2,1H3,(H2,12,16)/t8?,9-/m0/s1. The lowest BCUT2D eigenvalue weighted by molar-refractivity contribution is -0.136. The van der Waals surface area contributed by atoms with Crippen LogP contribution in [0, 0.1) is 5.92 Å². The summed E-state index contributed by atoms with van der Waals surface area (Å²) in [5, 5.41) is 1.44. The van der Waals surface area contributed by atoms with Crippen molar-refractivity contribution in [1.82, 2.24) is 4.90 Å². The fourth-order valence-electron chi connectivity index (χ4n) is 2.06. The number of amides is 2. The number of primary amides is 1. The van der Waals surface area contributed by atoms with Crippen molar-refractivity contribution in [3.05, 3.63) is 0 Å². The van der Waals surface area contributed by atoms with Crippen LogP contribution >= 0.6 is 12.2 Å². The highest BCUT2D eigenvalue weighted by molar-refractivity contribution is 7.80. The van der Waals surface area contributed by atoms with Crippen LogP contribution in [0.2, 0.25) is 0 Å². The molecule has 1 aliphatic heterocycles. The summed E-state index contributed by atoms with van der Waals surface area (Å²) in [4.78, 5) is 28.6. The van der Waals surface area contributed by atoms with Crippen LogP contribution in [-0.4, -0.2) is 47.4 Å². The molecule has 1 fully saturated rings. The number of carbonyl (C=O) groups excluding carboxylic acids is 2. The highest BCUT2D eigenvalue weighted by atomic mass is 32.1. The van der Waals surface area contributed by atoms with E-state index in [1.165, 1.54) is 5.37 Å². The van der Waals surface area contributed by atoms with E-state index in [0.717, 1.165) is 0 Å². The number of hydrogen-bond acceptors (Lipinski definition) is 4. The summed E-state index contributed by atoms with van der Waals surface area (Å²) in [7, 11) is 0. The molecule has 2 N–H and O–H groups in total. The molecule has 0 aliphatic carbocycles. The SMILES string of the molecule is CC[C@@H](C(N)=O)N1CC(CN=CC=S)CC1=O. The Bertz CT molecular complexity index is 344. The third-order valence-electron chi connectivity index (χ3n) is 2.86. The number of aliphatic imine (C=N–C) groups is 1. The summed E-state index contributed by atoms with van der Waals surface area (Å²) < 4.78 is 0. The van der Waals surface area contributed by atoms with Gasteiger partial charge in [0.25, 0.3) is 0 Å². The Kier molecular flexibility index (Phi) is 5.21. The summed E-state index contributed by atoms with van der Waals surface area (Å²) in [5.41, 5.74) is 5.28. The van der Waals surface area contributed by atoms with Gasteiger partial charge < -0.3 is 10.6 Å². The van der Waals surface area contributed by atoms with Crippen LogP contribution in [0.25, 0.3) is 0 Å². The average molecular weight is 255 g/mol. The number of likely N-dealkylation sites (tertiary alicyclic amines) is 1. The molecule has 1 saturated heterocycles. The van der Waals surface area contributed by atoms with Crippen LogP contribution < -0.4 is 5.73 Å². The Morgan fingerprint density at radius 3 is 3.00 bits per heavy atom. The van der Waals surface area contributed by atoms with Gasteiger partial charge in [-0.25, -0.2) is 0 Å². The Morgan fingerprint density at radius 2 is 2.47 bits per heavy atom. The van der Waals surface area contributed by atoms with Gasteiger partial charge in [-0.1, -0.05) is 19.1 Å². The summed E-state index contributed by atoms with van der Waals surface area (Å²) in [6.07, 6.45) is 2.53. The summed E-state index contributed by atoms with van der Waals surface area (Å²) in [6.45, 7) is 2.96. The number of hydrogen-bond donors (Lipinski definition) is 1. The van der Waals surface area contributed by atoms with Crippen molar-refractivity contribution < 1.29 is 9.59 Å². The lowest BCUT2D eigenvalue weighted by atomic mass is 10.1. The van der Waals surface area contributed by atoms with E-state index in [4.69, 9.17) is 5.73 Å². The Balaban J connectivity index is 2.59. The maximum Gasteiger partial charge on any atom is 0.240 e. The first-order chi connectivity index (χ1) is 8.10. The topological polar surface area (TPSA) is 75.8 Å². The van der Waals surface area contributed by atoms with Crippen LogP contribution in [0.4, 0.5) is 0 Å². The summed E-state index contributed by atoms with van der Waals surface area (Å²) >= 11 is 4.62. The quantitative estimate of drug-likeness (QED) is 0.543. The molecule has 0 spiro atoms. The molecule has 1 heterocycles. The summed E-state index contributed by atoms with van der Waals surface area (Å²) in [5.74, 6) is -0.302. The first-order valence-corrected chi connectivity index (χ1v) is 6.09. The molecule has 0 saturated carbocycles. The monoisotopic (exact) mass is 255 g/mol. The van der Waals surface area contributed by atoms with E-state index in [2.05, 4.69) is 17.2 Å². The molecule has 94 valence electrons. The fraction of sp³-hybridized carbons (Fsp3) is 0.636. The number of rotatable bonds is 6. The van der Waals surface area contributed by atoms with Gasteiger partial charge >= 0.3 is 0 Å². The van der Waals surface area contributed by atoms with E-state index >= 15 is 0 Å². The highest BCUT2D eigenvalue weighted by Gasteiger charge is 2.35. The third kappa shape index (κ3) is 3.59. The maximum atomic E-state index is 11.8. The van der Waals surface area contributed by atoms with Gasteiger partial charge in [-0.2, -0.15) is 0 Å². The minimum atomic E-state index is -0.484. The van der Waals surface area contributed by atoms with Crippen molar-refractivity contribution in [2.24, 2.45) is 16.6 Å². The molecule has 6 heteroatoms. The molecule has 0 bridgehead atoms. The molecule has 1 rings (SSSR count). The molecule has 2 amide bonds. The van der Waals surface area contributed by atoms with Crippen LogP contribution in [0.3, 0.4) is 0 Å². The number of nitrogens with zero attached hydrogens (tertiary/aromatic N) is 2. The molecule has 1 aliphatic rings. The molecule has 0 aromatic rings. The molecule has 2 atom stereocenters. The largest absolute Gasteiger partial charge is 0.368 e. The van der Waals surface area contributed by atoms with Gasteiger partial charge in [0.1, 0.15) is 6.04 Å². The van der Waals surface area contributed by atoms with Gasteiger partial charge in [-0.05, 0) is 6.42 Å². The van der Waals surface area contributed by atoms with E-state index in [-0.39, 0.29) is 11.8 Å². The van der Waals surface area contributed by atoms with E-state index < -0.39 is 11.9 Å². The van der Waals surface area contributed by atoms with Crippen molar-refractivity contribution in [3.63, 3.8) is 0 Å². The predicted molar refractivity (Wildman–Crippen MR) is 70.1 cm³/mol. The Labute approximate surface area is 106 Å². The second-order valence-electron chi connectivity index (χ2n) is 4.09. The molecule has 0 radical (unpaired) electrons. The van der Waals surface area contributed by atoms with Crippen LogP contribution in [-0.2, 0) is 9.59 Å². The molecule has 1 unspecified atom stereocenters. The third-order valence-corrected chi connectivity index (χ3v) is 2.98. The molecule has 5 nitrogen and oxygen atoms in total. The first kappa shape index (κ1) is 13.8. The summed E-state index contributed by atoms with van der Waals surface area (Å²) in [6, 6.07) is -0.484. The zero-order chi connectivity index (χ0) is 12.8. The zero-order valence-electron chi connectivity index (χ0n) is 9.83. The van der Waals surface area contributed by atoms with Gasteiger partial charge in [0.15, 0.2) is 0 Å². The van der Waals surface area contributed by atoms with Gasteiger partial charge in [-0.3, -0.25) is 14.6 Å². The zero-order valence-corrected chi connectivity index (χ0v) is 10.7. The smallest absolute Gasteiger partial charge is 0.240 e. The van der Waals surface area contributed by atoms with Crippen molar-refractivity contribution >= 4 is 35.6 Å². The van der Waals surface area contributed by atoms with Gasteiger partial charge in [0.05, 0.1) is 0 Å².